The zero-order valence-corrected chi connectivity index (χ0v) is 13.6. The van der Waals surface area contributed by atoms with E-state index in [0.29, 0.717) is 11.3 Å². The van der Waals surface area contributed by atoms with Crippen LogP contribution in [0.1, 0.15) is 5.56 Å². The molecule has 1 aromatic rings. The van der Waals surface area contributed by atoms with Gasteiger partial charge in [-0.05, 0) is 6.07 Å². The number of methoxy groups -OCH3 is 2. The van der Waals surface area contributed by atoms with Gasteiger partial charge in [-0.3, -0.25) is 4.79 Å². The maximum absolute atomic E-state index is 13.0. The molecule has 0 unspecified atom stereocenters. The number of amides is 1. The first kappa shape index (κ1) is 16.5. The van der Waals surface area contributed by atoms with E-state index in [2.05, 4.69) is 5.32 Å². The maximum Gasteiger partial charge on any atom is 0.341 e. The number of carbonyl (C=O) groups is 2. The highest BCUT2D eigenvalue weighted by atomic mass is 16.5. The number of hydrogen-bond acceptors (Lipinski definition) is 7. The van der Waals surface area contributed by atoms with Gasteiger partial charge in [0, 0.05) is 18.4 Å². The number of anilines is 1. The van der Waals surface area contributed by atoms with Crippen molar-refractivity contribution in [1.29, 1.82) is 5.26 Å². The van der Waals surface area contributed by atoms with E-state index >= 15 is 0 Å². The fourth-order valence-corrected chi connectivity index (χ4v) is 3.24. The summed E-state index contributed by atoms with van der Waals surface area (Å²) in [6, 6.07) is 8.74. The van der Waals surface area contributed by atoms with Crippen LogP contribution in [0, 0.1) is 11.3 Å². The fraction of sp³-hybridized carbons (Fsp3) is 0.235. The summed E-state index contributed by atoms with van der Waals surface area (Å²) in [6.45, 7) is -0.0881. The number of hydrogen-bond donors (Lipinski definition) is 2. The Morgan fingerprint density at radius 3 is 2.76 bits per heavy atom. The van der Waals surface area contributed by atoms with E-state index < -0.39 is 17.3 Å². The van der Waals surface area contributed by atoms with Gasteiger partial charge in [0.2, 0.25) is 11.8 Å². The number of para-hydroxylation sites is 1. The Morgan fingerprint density at radius 2 is 2.12 bits per heavy atom. The van der Waals surface area contributed by atoms with Crippen LogP contribution < -0.4 is 11.1 Å². The van der Waals surface area contributed by atoms with Crippen LogP contribution in [0.2, 0.25) is 0 Å². The quantitative estimate of drug-likeness (QED) is 0.775. The van der Waals surface area contributed by atoms with Gasteiger partial charge in [0.1, 0.15) is 24.0 Å². The molecular formula is C17H15N3O5. The van der Waals surface area contributed by atoms with E-state index in [1.54, 1.807) is 24.3 Å². The number of esters is 1. The maximum atomic E-state index is 13.0. The van der Waals surface area contributed by atoms with Crippen LogP contribution in [-0.2, 0) is 29.2 Å². The Hall–Kier alpha value is -3.31. The number of nitriles is 1. The highest BCUT2D eigenvalue weighted by Gasteiger charge is 2.60. The second-order valence-corrected chi connectivity index (χ2v) is 5.43. The highest BCUT2D eigenvalue weighted by Crippen LogP contribution is 2.51. The molecule has 3 rings (SSSR count). The minimum absolute atomic E-state index is 0.0635. The average Bonchev–Trinajstić information content (AvgIpc) is 2.88. The molecule has 0 bridgehead atoms. The van der Waals surface area contributed by atoms with Gasteiger partial charge >= 0.3 is 5.97 Å². The molecule has 2 aliphatic rings. The smallest absolute Gasteiger partial charge is 0.341 e. The van der Waals surface area contributed by atoms with Crippen molar-refractivity contribution in [3.63, 3.8) is 0 Å². The van der Waals surface area contributed by atoms with E-state index in [9.17, 15) is 14.9 Å². The van der Waals surface area contributed by atoms with Crippen LogP contribution in [0.3, 0.4) is 0 Å². The first-order valence-corrected chi connectivity index (χ1v) is 7.32. The lowest BCUT2D eigenvalue weighted by molar-refractivity contribution is -0.138. The first-order valence-electron chi connectivity index (χ1n) is 7.32. The summed E-state index contributed by atoms with van der Waals surface area (Å²) in [4.78, 5) is 25.4. The predicted octanol–water partition coefficient (Wildman–Crippen LogP) is 0.674. The van der Waals surface area contributed by atoms with Crippen molar-refractivity contribution in [2.45, 2.75) is 5.41 Å². The monoisotopic (exact) mass is 341 g/mol. The summed E-state index contributed by atoms with van der Waals surface area (Å²) in [5.74, 6) is -1.66. The van der Waals surface area contributed by atoms with Gasteiger partial charge in [0.05, 0.1) is 12.7 Å². The van der Waals surface area contributed by atoms with Crippen molar-refractivity contribution in [3.05, 3.63) is 52.6 Å². The lowest BCUT2D eigenvalue weighted by Gasteiger charge is -2.34. The number of rotatable bonds is 3. The van der Waals surface area contributed by atoms with Crippen LogP contribution in [-0.4, -0.2) is 32.7 Å². The number of fused-ring (bicyclic) bond motifs is 2. The Morgan fingerprint density at radius 1 is 1.40 bits per heavy atom. The van der Waals surface area contributed by atoms with E-state index in [4.69, 9.17) is 19.9 Å². The second-order valence-electron chi connectivity index (χ2n) is 5.43. The molecule has 1 amide bonds. The average molecular weight is 341 g/mol. The predicted molar refractivity (Wildman–Crippen MR) is 85.6 cm³/mol. The SMILES string of the molecule is COCC1=C(C#N)[C@@]2(C(=O)Nc3ccccc32)C(C(=O)OC)=C(N)O1. The largest absolute Gasteiger partial charge is 0.465 e. The van der Waals surface area contributed by atoms with Gasteiger partial charge in [-0.2, -0.15) is 5.26 Å². The Kier molecular flexibility index (Phi) is 3.94. The Balaban J connectivity index is 2.41. The second kappa shape index (κ2) is 5.96. The van der Waals surface area contributed by atoms with Gasteiger partial charge in [-0.15, -0.1) is 0 Å². The van der Waals surface area contributed by atoms with Crippen molar-refractivity contribution in [2.75, 3.05) is 26.1 Å². The summed E-state index contributed by atoms with van der Waals surface area (Å²) < 4.78 is 15.3. The van der Waals surface area contributed by atoms with Gasteiger partial charge < -0.3 is 25.3 Å². The zero-order chi connectivity index (χ0) is 18.2. The van der Waals surface area contributed by atoms with Crippen molar-refractivity contribution in [3.8, 4) is 6.07 Å². The van der Waals surface area contributed by atoms with E-state index in [1.807, 2.05) is 6.07 Å². The van der Waals surface area contributed by atoms with Gasteiger partial charge in [0.15, 0.2) is 5.41 Å². The molecule has 0 saturated heterocycles. The van der Waals surface area contributed by atoms with E-state index in [1.165, 1.54) is 7.11 Å². The van der Waals surface area contributed by atoms with Crippen LogP contribution in [0.5, 0.6) is 0 Å². The normalized spacial score (nSPS) is 21.6. The molecule has 3 N–H and O–H groups in total. The first-order chi connectivity index (χ1) is 12.0. The molecule has 8 nitrogen and oxygen atoms in total. The molecule has 2 heterocycles. The molecule has 0 saturated carbocycles. The van der Waals surface area contributed by atoms with E-state index in [0.717, 1.165) is 7.11 Å². The number of carbonyl (C=O) groups excluding carboxylic acids is 2. The van der Waals surface area contributed by atoms with Crippen molar-refractivity contribution in [1.82, 2.24) is 0 Å². The molecule has 8 heteroatoms. The standard InChI is InChI=1S/C17H15N3O5/c1-23-8-12-10(7-18)17(13(14(19)25-12)15(21)24-2)9-5-3-4-6-11(9)20-16(17)22/h3-6H,8,19H2,1-2H3,(H,20,22)/t17-/m1/s1. The van der Waals surface area contributed by atoms with Gasteiger partial charge in [-0.25, -0.2) is 4.79 Å². The number of ether oxygens (including phenoxy) is 3. The minimum atomic E-state index is -1.74. The molecule has 0 aliphatic carbocycles. The van der Waals surface area contributed by atoms with Crippen LogP contribution >= 0.6 is 0 Å². The third kappa shape index (κ3) is 2.10. The Labute approximate surface area is 143 Å². The summed E-state index contributed by atoms with van der Waals surface area (Å²) in [5, 5.41) is 12.5. The lowest BCUT2D eigenvalue weighted by Crippen LogP contribution is -2.46. The molecular weight excluding hydrogens is 326 g/mol. The summed E-state index contributed by atoms with van der Waals surface area (Å²) >= 11 is 0. The van der Waals surface area contributed by atoms with Crippen molar-refractivity contribution < 1.29 is 23.8 Å². The molecule has 1 spiro atoms. The summed E-state index contributed by atoms with van der Waals surface area (Å²) in [7, 11) is 2.58. The third-order valence-electron chi connectivity index (χ3n) is 4.21. The molecule has 1 aromatic carbocycles. The molecule has 25 heavy (non-hydrogen) atoms. The minimum Gasteiger partial charge on any atom is -0.465 e. The van der Waals surface area contributed by atoms with Gasteiger partial charge in [-0.1, -0.05) is 18.2 Å². The molecule has 0 aromatic heterocycles. The number of nitrogens with zero attached hydrogens (tertiary/aromatic N) is 1. The van der Waals surface area contributed by atoms with Crippen molar-refractivity contribution >= 4 is 17.6 Å². The van der Waals surface area contributed by atoms with E-state index in [-0.39, 0.29) is 29.4 Å². The summed E-state index contributed by atoms with van der Waals surface area (Å²) in [5.41, 5.74) is 4.82. The van der Waals surface area contributed by atoms with Crippen molar-refractivity contribution in [2.24, 2.45) is 5.73 Å². The van der Waals surface area contributed by atoms with Gasteiger partial charge in [0.25, 0.3) is 0 Å². The third-order valence-corrected chi connectivity index (χ3v) is 4.21. The molecule has 0 radical (unpaired) electrons. The lowest BCUT2D eigenvalue weighted by atomic mass is 9.68. The Bertz CT molecular complexity index is 881. The molecule has 0 fully saturated rings. The van der Waals surface area contributed by atoms with Crippen LogP contribution in [0.4, 0.5) is 5.69 Å². The summed E-state index contributed by atoms with van der Waals surface area (Å²) in [6.07, 6.45) is 0. The molecule has 128 valence electrons. The van der Waals surface area contributed by atoms with Crippen LogP contribution in [0.15, 0.2) is 47.1 Å². The molecule has 2 aliphatic heterocycles. The topological polar surface area (TPSA) is 124 Å². The zero-order valence-electron chi connectivity index (χ0n) is 13.6. The fourth-order valence-electron chi connectivity index (χ4n) is 3.24. The van der Waals surface area contributed by atoms with Crippen LogP contribution in [0.25, 0.3) is 0 Å². The number of nitrogens with one attached hydrogen (secondary N) is 1. The number of benzene rings is 1. The molecule has 1 atom stereocenters. The number of nitrogens with two attached hydrogens (primary N) is 1. The highest BCUT2D eigenvalue weighted by molar-refractivity contribution is 6.17.